The van der Waals surface area contributed by atoms with E-state index in [-0.39, 0.29) is 30.0 Å². The van der Waals surface area contributed by atoms with Crippen molar-refractivity contribution in [2.75, 3.05) is 13.2 Å². The van der Waals surface area contributed by atoms with E-state index in [1.165, 1.54) is 6.08 Å². The fraction of sp³-hybridized carbons (Fsp3) is 0.370. The van der Waals surface area contributed by atoms with Crippen LogP contribution in [0.4, 0.5) is 4.79 Å². The van der Waals surface area contributed by atoms with E-state index in [2.05, 4.69) is 5.32 Å². The highest BCUT2D eigenvalue weighted by atomic mass is 16.6. The maximum absolute atomic E-state index is 13.1. The second-order valence-corrected chi connectivity index (χ2v) is 9.19. The molecule has 1 aliphatic rings. The maximum Gasteiger partial charge on any atom is 0.475 e. The number of amides is 2. The summed E-state index contributed by atoms with van der Waals surface area (Å²) in [4.78, 5) is 27.2. The minimum atomic E-state index is -1.77. The molecule has 3 N–H and O–H groups in total. The zero-order valence-corrected chi connectivity index (χ0v) is 21.2. The Labute approximate surface area is 217 Å². The molecule has 10 heteroatoms. The molecule has 0 radical (unpaired) electrons. The Morgan fingerprint density at radius 2 is 1.86 bits per heavy atom. The van der Waals surface area contributed by atoms with Crippen LogP contribution in [-0.4, -0.2) is 65.3 Å². The first-order valence-electron chi connectivity index (χ1n) is 12.2. The van der Waals surface area contributed by atoms with Crippen LogP contribution in [0.3, 0.4) is 0 Å². The number of morpholine rings is 1. The van der Waals surface area contributed by atoms with Crippen LogP contribution in [0.2, 0.25) is 0 Å². The summed E-state index contributed by atoms with van der Waals surface area (Å²) in [6.45, 7) is 6.28. The van der Waals surface area contributed by atoms with E-state index in [0.717, 1.165) is 5.56 Å². The molecule has 1 fully saturated rings. The molecule has 0 aromatic heterocycles. The van der Waals surface area contributed by atoms with Gasteiger partial charge in [-0.05, 0) is 56.0 Å². The normalized spacial score (nSPS) is 19.4. The van der Waals surface area contributed by atoms with Gasteiger partial charge >= 0.3 is 13.2 Å². The molecule has 194 valence electrons. The van der Waals surface area contributed by atoms with Gasteiger partial charge in [-0.15, -0.1) is 0 Å². The Hall–Kier alpha value is -3.65. The number of ether oxygens (including phenoxy) is 2. The lowest BCUT2D eigenvalue weighted by molar-refractivity contribution is -0.139. The molecule has 1 heterocycles. The van der Waals surface area contributed by atoms with Crippen LogP contribution in [0.5, 0.6) is 0 Å². The summed E-state index contributed by atoms with van der Waals surface area (Å²) in [5, 5.41) is 31.6. The fourth-order valence-electron chi connectivity index (χ4n) is 4.27. The fourth-order valence-corrected chi connectivity index (χ4v) is 4.27. The molecule has 9 nitrogen and oxygen atoms in total. The van der Waals surface area contributed by atoms with Crippen molar-refractivity contribution in [3.8, 4) is 6.07 Å². The highest BCUT2D eigenvalue weighted by Crippen LogP contribution is 2.22. The van der Waals surface area contributed by atoms with E-state index in [4.69, 9.17) is 9.47 Å². The second-order valence-electron chi connectivity index (χ2n) is 9.19. The lowest BCUT2D eigenvalue weighted by atomic mass is 9.76. The van der Waals surface area contributed by atoms with Crippen LogP contribution in [0, 0.1) is 11.3 Å². The van der Waals surface area contributed by atoms with Gasteiger partial charge in [-0.1, -0.05) is 48.5 Å². The van der Waals surface area contributed by atoms with Crippen LogP contribution in [0.15, 0.2) is 60.2 Å². The van der Waals surface area contributed by atoms with Gasteiger partial charge in [0.15, 0.2) is 0 Å². The molecule has 37 heavy (non-hydrogen) atoms. The van der Waals surface area contributed by atoms with Crippen LogP contribution in [0.1, 0.15) is 43.6 Å². The molecule has 0 saturated carbocycles. The van der Waals surface area contributed by atoms with Gasteiger partial charge in [-0.3, -0.25) is 4.79 Å². The zero-order chi connectivity index (χ0) is 26.9. The largest absolute Gasteiger partial charge is 0.475 e. The Morgan fingerprint density at radius 3 is 2.49 bits per heavy atom. The van der Waals surface area contributed by atoms with E-state index in [1.54, 1.807) is 36.1 Å². The summed E-state index contributed by atoms with van der Waals surface area (Å²) >= 11 is 0. The number of nitrogens with zero attached hydrogens (tertiary/aromatic N) is 2. The second kappa shape index (κ2) is 13.1. The van der Waals surface area contributed by atoms with Crippen LogP contribution in [-0.2, 0) is 20.7 Å². The molecule has 1 aliphatic heterocycles. The first-order valence-corrected chi connectivity index (χ1v) is 12.2. The van der Waals surface area contributed by atoms with Gasteiger partial charge in [-0.25, -0.2) is 4.79 Å². The van der Waals surface area contributed by atoms with Crippen LogP contribution < -0.4 is 5.32 Å². The number of alkyl carbamates (subject to hydrolysis) is 1. The number of benzene rings is 2. The number of nitriles is 1. The Bertz CT molecular complexity index is 1140. The molecule has 4 atom stereocenters. The number of rotatable bonds is 8. The van der Waals surface area contributed by atoms with E-state index in [9.17, 15) is 24.9 Å². The third-order valence-electron chi connectivity index (χ3n) is 6.19. The van der Waals surface area contributed by atoms with Gasteiger partial charge in [0, 0.05) is 0 Å². The Kier molecular flexibility index (Phi) is 9.86. The first kappa shape index (κ1) is 27.9. The molecule has 1 saturated heterocycles. The van der Waals surface area contributed by atoms with E-state index in [0.29, 0.717) is 24.3 Å². The summed E-state index contributed by atoms with van der Waals surface area (Å²) in [5.41, 5.74) is 2.09. The average molecular weight is 505 g/mol. The summed E-state index contributed by atoms with van der Waals surface area (Å²) < 4.78 is 10.9. The SMILES string of the molecule is CC(OC(=O)N[C@@H](Cc1ccccc1)B(O)O)c1cccc(C=C(C#N)C(=O)N2[C@@H](C)COC[C@@H]2C)c1. The van der Waals surface area contributed by atoms with Crippen molar-refractivity contribution < 1.29 is 29.1 Å². The van der Waals surface area contributed by atoms with E-state index in [1.807, 2.05) is 50.2 Å². The van der Waals surface area contributed by atoms with Gasteiger partial charge < -0.3 is 29.7 Å². The summed E-state index contributed by atoms with van der Waals surface area (Å²) in [6, 6.07) is 17.9. The van der Waals surface area contributed by atoms with Crippen LogP contribution in [0.25, 0.3) is 6.08 Å². The maximum atomic E-state index is 13.1. The number of nitrogens with one attached hydrogen (secondary N) is 1. The van der Waals surface area contributed by atoms with Crippen molar-refractivity contribution >= 4 is 25.2 Å². The average Bonchev–Trinajstić information content (AvgIpc) is 2.87. The topological polar surface area (TPSA) is 132 Å². The third kappa shape index (κ3) is 7.67. The third-order valence-corrected chi connectivity index (χ3v) is 6.19. The molecular weight excluding hydrogens is 473 g/mol. The summed E-state index contributed by atoms with van der Waals surface area (Å²) in [5.74, 6) is -1.31. The monoisotopic (exact) mass is 505 g/mol. The lowest BCUT2D eigenvalue weighted by Gasteiger charge is -2.38. The number of carbonyl (C=O) groups is 2. The lowest BCUT2D eigenvalue weighted by Crippen LogP contribution is -2.52. The van der Waals surface area contributed by atoms with Crippen molar-refractivity contribution in [1.29, 1.82) is 5.26 Å². The van der Waals surface area contributed by atoms with Crippen molar-refractivity contribution in [3.63, 3.8) is 0 Å². The smallest absolute Gasteiger partial charge is 0.442 e. The van der Waals surface area contributed by atoms with Gasteiger partial charge in [0.25, 0.3) is 5.91 Å². The highest BCUT2D eigenvalue weighted by molar-refractivity contribution is 6.43. The van der Waals surface area contributed by atoms with Gasteiger partial charge in [-0.2, -0.15) is 5.26 Å². The molecular formula is C27H32BN3O6. The number of hydrogen-bond acceptors (Lipinski definition) is 7. The van der Waals surface area contributed by atoms with Crippen molar-refractivity contribution in [1.82, 2.24) is 10.2 Å². The quantitative estimate of drug-likeness (QED) is 0.286. The molecule has 0 spiro atoms. The standard InChI is InChI=1S/C27H32BN3O6/c1-18-16-36-17-19(2)31(18)26(32)24(15-29)13-22-10-7-11-23(12-22)20(3)37-27(33)30-25(28(34)35)14-21-8-5-4-6-9-21/h4-13,18-20,25,34-35H,14,16-17H2,1-3H3,(H,30,33)/t18-,19-,20?,25-/m0/s1. The predicted octanol–water partition coefficient (Wildman–Crippen LogP) is 2.64. The van der Waals surface area contributed by atoms with E-state index >= 15 is 0 Å². The molecule has 3 rings (SSSR count). The van der Waals surface area contributed by atoms with Crippen LogP contribution >= 0.6 is 0 Å². The molecule has 2 amide bonds. The molecule has 2 aromatic rings. The molecule has 0 bridgehead atoms. The molecule has 0 aliphatic carbocycles. The molecule has 1 unspecified atom stereocenters. The highest BCUT2D eigenvalue weighted by Gasteiger charge is 2.31. The zero-order valence-electron chi connectivity index (χ0n) is 21.2. The van der Waals surface area contributed by atoms with Crippen molar-refractivity contribution in [2.45, 2.75) is 51.3 Å². The first-order chi connectivity index (χ1) is 17.7. The minimum Gasteiger partial charge on any atom is -0.442 e. The van der Waals surface area contributed by atoms with Gasteiger partial charge in [0.05, 0.1) is 31.2 Å². The Balaban J connectivity index is 1.68. The van der Waals surface area contributed by atoms with Gasteiger partial charge in [0.1, 0.15) is 17.7 Å². The van der Waals surface area contributed by atoms with Crippen molar-refractivity contribution in [2.24, 2.45) is 0 Å². The predicted molar refractivity (Wildman–Crippen MR) is 139 cm³/mol. The van der Waals surface area contributed by atoms with E-state index < -0.39 is 25.3 Å². The Morgan fingerprint density at radius 1 is 1.19 bits per heavy atom. The summed E-state index contributed by atoms with van der Waals surface area (Å²) in [7, 11) is -1.77. The number of carbonyl (C=O) groups excluding carboxylic acids is 2. The number of hydrogen-bond donors (Lipinski definition) is 3. The van der Waals surface area contributed by atoms with Gasteiger partial charge in [0.2, 0.25) is 0 Å². The minimum absolute atomic E-state index is 0.00440. The molecule has 2 aromatic carbocycles. The van der Waals surface area contributed by atoms with Crippen molar-refractivity contribution in [3.05, 3.63) is 76.9 Å². The summed E-state index contributed by atoms with van der Waals surface area (Å²) in [6.07, 6.45) is 0.256.